The molecule has 0 amide bonds. The predicted molar refractivity (Wildman–Crippen MR) is 62.3 cm³/mol. The molecule has 0 aromatic rings. The smallest absolute Gasteiger partial charge is 0.216 e. The van der Waals surface area contributed by atoms with E-state index in [1.807, 2.05) is 0 Å². The van der Waals surface area contributed by atoms with E-state index in [2.05, 4.69) is 5.32 Å². The number of nitrogens with zero attached hydrogens (tertiary/aromatic N) is 1. The third-order valence-corrected chi connectivity index (χ3v) is 5.35. The molecule has 1 heterocycles. The molecule has 0 aliphatic carbocycles. The van der Waals surface area contributed by atoms with Gasteiger partial charge in [-0.2, -0.15) is 0 Å². The second kappa shape index (κ2) is 5.27. The number of hydrogen-bond donors (Lipinski definition) is 1. The molecule has 4 nitrogen and oxygen atoms in total. The monoisotopic (exact) mass is 234 g/mol. The molecule has 1 aliphatic heterocycles. The highest BCUT2D eigenvalue weighted by Gasteiger charge is 2.28. The van der Waals surface area contributed by atoms with Crippen LogP contribution in [0.15, 0.2) is 0 Å². The van der Waals surface area contributed by atoms with Gasteiger partial charge in [-0.25, -0.2) is 12.7 Å². The van der Waals surface area contributed by atoms with Crippen LogP contribution in [0.3, 0.4) is 0 Å². The maximum absolute atomic E-state index is 11.9. The van der Waals surface area contributed by atoms with Crippen LogP contribution in [0.2, 0.25) is 0 Å². The van der Waals surface area contributed by atoms with Crippen molar-refractivity contribution < 1.29 is 8.42 Å². The van der Waals surface area contributed by atoms with E-state index in [1.165, 1.54) is 0 Å². The fourth-order valence-electron chi connectivity index (χ4n) is 1.90. The topological polar surface area (TPSA) is 49.4 Å². The molecule has 1 atom stereocenters. The lowest BCUT2D eigenvalue weighted by molar-refractivity contribution is 0.338. The van der Waals surface area contributed by atoms with E-state index in [0.29, 0.717) is 0 Å². The van der Waals surface area contributed by atoms with E-state index in [4.69, 9.17) is 0 Å². The molecule has 0 aromatic carbocycles. The second-order valence-corrected chi connectivity index (χ2v) is 6.99. The summed E-state index contributed by atoms with van der Waals surface area (Å²) in [7, 11) is -1.37. The summed E-state index contributed by atoms with van der Waals surface area (Å²) >= 11 is 0. The van der Waals surface area contributed by atoms with Crippen molar-refractivity contribution in [1.82, 2.24) is 9.62 Å². The fraction of sp³-hybridized carbons (Fsp3) is 1.00. The van der Waals surface area contributed by atoms with E-state index in [9.17, 15) is 8.42 Å². The Bertz CT molecular complexity index is 280. The first-order valence-electron chi connectivity index (χ1n) is 5.64. The van der Waals surface area contributed by atoms with Crippen LogP contribution in [0.5, 0.6) is 0 Å². The molecule has 0 saturated carbocycles. The lowest BCUT2D eigenvalue weighted by Gasteiger charge is -2.27. The van der Waals surface area contributed by atoms with Gasteiger partial charge >= 0.3 is 0 Å². The molecule has 0 spiro atoms. The molecule has 90 valence electrons. The van der Waals surface area contributed by atoms with Gasteiger partial charge in [0, 0.05) is 13.1 Å². The summed E-state index contributed by atoms with van der Waals surface area (Å²) in [5.74, 6) is 0. The van der Waals surface area contributed by atoms with Crippen molar-refractivity contribution in [3.8, 4) is 0 Å². The molecule has 0 aromatic heterocycles. The summed E-state index contributed by atoms with van der Waals surface area (Å²) in [6.45, 7) is 5.40. The Balaban J connectivity index is 2.69. The van der Waals surface area contributed by atoms with E-state index >= 15 is 0 Å². The van der Waals surface area contributed by atoms with E-state index in [1.54, 1.807) is 25.2 Å². The maximum Gasteiger partial charge on any atom is 0.216 e. The molecule has 1 N–H and O–H groups in total. The van der Waals surface area contributed by atoms with E-state index < -0.39 is 10.0 Å². The van der Waals surface area contributed by atoms with Crippen LogP contribution in [0.4, 0.5) is 0 Å². The average Bonchev–Trinajstić information content (AvgIpc) is 2.44. The van der Waals surface area contributed by atoms with Gasteiger partial charge in [-0.3, -0.25) is 0 Å². The minimum Gasteiger partial charge on any atom is -0.317 e. The first-order chi connectivity index (χ1) is 6.96. The Labute approximate surface area is 93.1 Å². The first kappa shape index (κ1) is 12.9. The lowest BCUT2D eigenvalue weighted by Crippen LogP contribution is -2.41. The van der Waals surface area contributed by atoms with Gasteiger partial charge in [0.2, 0.25) is 10.0 Å². The zero-order valence-corrected chi connectivity index (χ0v) is 10.7. The normalized spacial score (nSPS) is 24.5. The van der Waals surface area contributed by atoms with Gasteiger partial charge < -0.3 is 5.32 Å². The van der Waals surface area contributed by atoms with Crippen molar-refractivity contribution >= 4 is 10.0 Å². The molecule has 1 saturated heterocycles. The minimum atomic E-state index is -3.09. The minimum absolute atomic E-state index is 0.174. The SMILES string of the molecule is CC(C)S(=O)(=O)N(C)C1CCCNCC1. The highest BCUT2D eigenvalue weighted by atomic mass is 32.2. The number of nitrogens with one attached hydrogen (secondary N) is 1. The Hall–Kier alpha value is -0.130. The van der Waals surface area contributed by atoms with Gasteiger partial charge in [0.05, 0.1) is 5.25 Å². The second-order valence-electron chi connectivity index (χ2n) is 4.44. The van der Waals surface area contributed by atoms with Crippen molar-refractivity contribution in [1.29, 1.82) is 0 Å². The summed E-state index contributed by atoms with van der Waals surface area (Å²) in [5, 5.41) is 2.97. The summed E-state index contributed by atoms with van der Waals surface area (Å²) in [6.07, 6.45) is 2.94. The standard InChI is InChI=1S/C10H22N2O2S/c1-9(2)15(13,14)12(3)10-5-4-7-11-8-6-10/h9-11H,4-8H2,1-3H3. The van der Waals surface area contributed by atoms with Crippen molar-refractivity contribution in [3.63, 3.8) is 0 Å². The molecule has 0 radical (unpaired) electrons. The number of hydrogen-bond acceptors (Lipinski definition) is 3. The summed E-state index contributed by atoms with van der Waals surface area (Å²) in [5.41, 5.74) is 0. The average molecular weight is 234 g/mol. The Kier molecular flexibility index (Phi) is 4.55. The molecule has 1 aliphatic rings. The third kappa shape index (κ3) is 3.16. The van der Waals surface area contributed by atoms with Crippen LogP contribution in [0.25, 0.3) is 0 Å². The van der Waals surface area contributed by atoms with E-state index in [-0.39, 0.29) is 11.3 Å². The molecule has 5 heteroatoms. The Morgan fingerprint density at radius 2 is 1.93 bits per heavy atom. The first-order valence-corrected chi connectivity index (χ1v) is 7.14. The number of rotatable bonds is 3. The van der Waals surface area contributed by atoms with Crippen molar-refractivity contribution in [2.24, 2.45) is 0 Å². The van der Waals surface area contributed by atoms with Crippen LogP contribution >= 0.6 is 0 Å². The van der Waals surface area contributed by atoms with Crippen LogP contribution in [-0.4, -0.2) is 44.2 Å². The Morgan fingerprint density at radius 3 is 2.53 bits per heavy atom. The molecular weight excluding hydrogens is 212 g/mol. The number of sulfonamides is 1. The highest BCUT2D eigenvalue weighted by molar-refractivity contribution is 7.89. The zero-order valence-electron chi connectivity index (χ0n) is 9.86. The lowest BCUT2D eigenvalue weighted by atomic mass is 10.1. The largest absolute Gasteiger partial charge is 0.317 e. The third-order valence-electron chi connectivity index (χ3n) is 3.06. The van der Waals surface area contributed by atoms with Crippen LogP contribution in [0.1, 0.15) is 33.1 Å². The zero-order chi connectivity index (χ0) is 11.5. The Morgan fingerprint density at radius 1 is 1.27 bits per heavy atom. The van der Waals surface area contributed by atoms with Crippen molar-refractivity contribution in [2.75, 3.05) is 20.1 Å². The molecule has 15 heavy (non-hydrogen) atoms. The molecule has 0 bridgehead atoms. The molecular formula is C10H22N2O2S. The van der Waals surface area contributed by atoms with Crippen molar-refractivity contribution in [3.05, 3.63) is 0 Å². The van der Waals surface area contributed by atoms with E-state index in [0.717, 1.165) is 32.4 Å². The predicted octanol–water partition coefficient (Wildman–Crippen LogP) is 0.798. The molecule has 1 fully saturated rings. The van der Waals surface area contributed by atoms with Gasteiger partial charge in [0.1, 0.15) is 0 Å². The maximum atomic E-state index is 11.9. The highest BCUT2D eigenvalue weighted by Crippen LogP contribution is 2.17. The fourth-order valence-corrected chi connectivity index (χ4v) is 3.20. The van der Waals surface area contributed by atoms with Crippen molar-refractivity contribution in [2.45, 2.75) is 44.4 Å². The van der Waals surface area contributed by atoms with Crippen LogP contribution in [0, 0.1) is 0 Å². The summed E-state index contributed by atoms with van der Waals surface area (Å²) < 4.78 is 25.5. The van der Waals surface area contributed by atoms with Gasteiger partial charge in [-0.15, -0.1) is 0 Å². The molecule has 1 rings (SSSR count). The van der Waals surface area contributed by atoms with Crippen LogP contribution in [-0.2, 0) is 10.0 Å². The van der Waals surface area contributed by atoms with Crippen LogP contribution < -0.4 is 5.32 Å². The van der Waals surface area contributed by atoms with Gasteiger partial charge in [0.15, 0.2) is 0 Å². The molecule has 1 unspecified atom stereocenters. The van der Waals surface area contributed by atoms with Gasteiger partial charge in [0.25, 0.3) is 0 Å². The summed E-state index contributed by atoms with van der Waals surface area (Å²) in [6, 6.07) is 0.174. The quantitative estimate of drug-likeness (QED) is 0.786. The van der Waals surface area contributed by atoms with Gasteiger partial charge in [-0.1, -0.05) is 0 Å². The summed E-state index contributed by atoms with van der Waals surface area (Å²) in [4.78, 5) is 0. The van der Waals surface area contributed by atoms with Gasteiger partial charge in [-0.05, 0) is 46.2 Å².